The lowest BCUT2D eigenvalue weighted by molar-refractivity contribution is 0.405. The Bertz CT molecular complexity index is 322. The van der Waals surface area contributed by atoms with Crippen molar-refractivity contribution in [3.8, 4) is 5.75 Å². The summed E-state index contributed by atoms with van der Waals surface area (Å²) in [5.41, 5.74) is 1.85. The van der Waals surface area contributed by atoms with Gasteiger partial charge in [-0.25, -0.2) is 0 Å². The highest BCUT2D eigenvalue weighted by Gasteiger charge is 2.47. The molecule has 1 aliphatic carbocycles. The van der Waals surface area contributed by atoms with Crippen LogP contribution in [0.15, 0.2) is 24.3 Å². The second-order valence-corrected chi connectivity index (χ2v) is 4.89. The predicted octanol–water partition coefficient (Wildman–Crippen LogP) is 3.86. The van der Waals surface area contributed by atoms with E-state index < -0.39 is 0 Å². The molecule has 1 aromatic carbocycles. The van der Waals surface area contributed by atoms with Crippen LogP contribution in [0, 0.1) is 5.92 Å². The molecule has 0 aliphatic heterocycles. The molecule has 1 unspecified atom stereocenters. The molecule has 1 fully saturated rings. The van der Waals surface area contributed by atoms with Crippen LogP contribution < -0.4 is 0 Å². The molecule has 0 saturated heterocycles. The van der Waals surface area contributed by atoms with Gasteiger partial charge in [0.2, 0.25) is 0 Å². The fourth-order valence-electron chi connectivity index (χ4n) is 2.70. The van der Waals surface area contributed by atoms with Gasteiger partial charge in [-0.05, 0) is 41.9 Å². The lowest BCUT2D eigenvalue weighted by atomic mass is 9.81. The highest BCUT2D eigenvalue weighted by Crippen LogP contribution is 2.55. The Hall–Kier alpha value is -0.980. The first-order valence-electron chi connectivity index (χ1n) is 5.98. The summed E-state index contributed by atoms with van der Waals surface area (Å²) in [6.07, 6.45) is 5.21. The van der Waals surface area contributed by atoms with Crippen LogP contribution in [0.3, 0.4) is 0 Å². The quantitative estimate of drug-likeness (QED) is 0.789. The highest BCUT2D eigenvalue weighted by atomic mass is 16.3. The molecule has 15 heavy (non-hydrogen) atoms. The van der Waals surface area contributed by atoms with Crippen molar-refractivity contribution < 1.29 is 5.11 Å². The van der Waals surface area contributed by atoms with E-state index in [-0.39, 0.29) is 0 Å². The van der Waals surface area contributed by atoms with Crippen molar-refractivity contribution in [1.29, 1.82) is 0 Å². The summed E-state index contributed by atoms with van der Waals surface area (Å²) in [5, 5.41) is 9.28. The molecule has 1 N–H and O–H groups in total. The Labute approximate surface area is 92.1 Å². The van der Waals surface area contributed by atoms with Crippen molar-refractivity contribution in [1.82, 2.24) is 0 Å². The molecule has 2 rings (SSSR count). The first kappa shape index (κ1) is 10.5. The molecule has 1 saturated carbocycles. The standard InChI is InChI=1S/C14H20O/c1-3-4-11(2)14(9-10-14)12-5-7-13(15)8-6-12/h5-8,11,15H,3-4,9-10H2,1-2H3. The summed E-state index contributed by atoms with van der Waals surface area (Å²) >= 11 is 0. The van der Waals surface area contributed by atoms with E-state index >= 15 is 0 Å². The molecule has 82 valence electrons. The molecular formula is C14H20O. The Morgan fingerprint density at radius 3 is 2.33 bits per heavy atom. The lowest BCUT2D eigenvalue weighted by Gasteiger charge is -2.23. The van der Waals surface area contributed by atoms with Gasteiger partial charge in [0.05, 0.1) is 0 Å². The van der Waals surface area contributed by atoms with Crippen LogP contribution >= 0.6 is 0 Å². The van der Waals surface area contributed by atoms with Gasteiger partial charge < -0.3 is 5.11 Å². The van der Waals surface area contributed by atoms with Gasteiger partial charge in [-0.15, -0.1) is 0 Å². The van der Waals surface area contributed by atoms with E-state index in [4.69, 9.17) is 0 Å². The lowest BCUT2D eigenvalue weighted by Crippen LogP contribution is -2.17. The molecule has 0 aromatic heterocycles. The Balaban J connectivity index is 2.19. The first-order valence-corrected chi connectivity index (χ1v) is 5.98. The SMILES string of the molecule is CCCC(C)C1(c2ccc(O)cc2)CC1. The van der Waals surface area contributed by atoms with E-state index in [1.54, 1.807) is 0 Å². The maximum atomic E-state index is 9.28. The van der Waals surface area contributed by atoms with Crippen LogP contribution in [0.4, 0.5) is 0 Å². The van der Waals surface area contributed by atoms with Crippen molar-refractivity contribution in [2.45, 2.75) is 44.9 Å². The van der Waals surface area contributed by atoms with E-state index in [0.29, 0.717) is 11.2 Å². The number of rotatable bonds is 4. The van der Waals surface area contributed by atoms with Gasteiger partial charge in [0.1, 0.15) is 5.75 Å². The van der Waals surface area contributed by atoms with Gasteiger partial charge in [0.25, 0.3) is 0 Å². The average molecular weight is 204 g/mol. The molecule has 0 spiro atoms. The molecule has 1 aliphatic rings. The molecule has 1 nitrogen and oxygen atoms in total. The van der Waals surface area contributed by atoms with E-state index in [1.807, 2.05) is 12.1 Å². The molecule has 0 heterocycles. The summed E-state index contributed by atoms with van der Waals surface area (Å²) in [6.45, 7) is 4.62. The van der Waals surface area contributed by atoms with Crippen molar-refractivity contribution in [3.05, 3.63) is 29.8 Å². The van der Waals surface area contributed by atoms with Gasteiger partial charge in [-0.1, -0.05) is 38.8 Å². The van der Waals surface area contributed by atoms with Crippen molar-refractivity contribution in [2.75, 3.05) is 0 Å². The Morgan fingerprint density at radius 2 is 1.87 bits per heavy atom. The number of phenols is 1. The van der Waals surface area contributed by atoms with E-state index in [9.17, 15) is 5.11 Å². The predicted molar refractivity (Wildman–Crippen MR) is 63.1 cm³/mol. The van der Waals surface area contributed by atoms with Crippen molar-refractivity contribution in [2.24, 2.45) is 5.92 Å². The summed E-state index contributed by atoms with van der Waals surface area (Å²) in [4.78, 5) is 0. The topological polar surface area (TPSA) is 20.2 Å². The minimum atomic E-state index is 0.373. The number of aromatic hydroxyl groups is 1. The van der Waals surface area contributed by atoms with E-state index in [2.05, 4.69) is 26.0 Å². The molecule has 1 aromatic rings. The third-order valence-electron chi connectivity index (χ3n) is 3.90. The van der Waals surface area contributed by atoms with Crippen molar-refractivity contribution >= 4 is 0 Å². The molecular weight excluding hydrogens is 184 g/mol. The minimum Gasteiger partial charge on any atom is -0.508 e. The average Bonchev–Trinajstić information content (AvgIpc) is 3.00. The zero-order valence-corrected chi connectivity index (χ0v) is 9.66. The number of hydrogen-bond donors (Lipinski definition) is 1. The van der Waals surface area contributed by atoms with Gasteiger partial charge >= 0.3 is 0 Å². The van der Waals surface area contributed by atoms with E-state index in [0.717, 1.165) is 5.92 Å². The van der Waals surface area contributed by atoms with Crippen LogP contribution in [0.25, 0.3) is 0 Å². The number of phenolic OH excluding ortho intramolecular Hbond substituents is 1. The van der Waals surface area contributed by atoms with Crippen LogP contribution in [0.2, 0.25) is 0 Å². The van der Waals surface area contributed by atoms with Crippen LogP contribution in [0.1, 0.15) is 45.1 Å². The van der Waals surface area contributed by atoms with E-state index in [1.165, 1.54) is 31.2 Å². The van der Waals surface area contributed by atoms with Crippen LogP contribution in [-0.4, -0.2) is 5.11 Å². The smallest absolute Gasteiger partial charge is 0.115 e. The number of benzene rings is 1. The zero-order valence-electron chi connectivity index (χ0n) is 9.66. The summed E-state index contributed by atoms with van der Waals surface area (Å²) < 4.78 is 0. The summed E-state index contributed by atoms with van der Waals surface area (Å²) in [6, 6.07) is 7.81. The maximum absolute atomic E-state index is 9.28. The molecule has 0 radical (unpaired) electrons. The third-order valence-corrected chi connectivity index (χ3v) is 3.90. The molecule has 0 amide bonds. The summed E-state index contributed by atoms with van der Waals surface area (Å²) in [7, 11) is 0. The molecule has 1 atom stereocenters. The first-order chi connectivity index (χ1) is 7.19. The second-order valence-electron chi connectivity index (χ2n) is 4.89. The van der Waals surface area contributed by atoms with Crippen LogP contribution in [0.5, 0.6) is 5.75 Å². The Kier molecular flexibility index (Phi) is 2.72. The summed E-state index contributed by atoms with van der Waals surface area (Å²) in [5.74, 6) is 1.14. The molecule has 1 heteroatoms. The zero-order chi connectivity index (χ0) is 10.9. The van der Waals surface area contributed by atoms with Gasteiger partial charge in [0, 0.05) is 0 Å². The van der Waals surface area contributed by atoms with Gasteiger partial charge in [-0.2, -0.15) is 0 Å². The third kappa shape index (κ3) is 1.88. The fourth-order valence-corrected chi connectivity index (χ4v) is 2.70. The fraction of sp³-hybridized carbons (Fsp3) is 0.571. The molecule has 0 bridgehead atoms. The number of hydrogen-bond acceptors (Lipinski definition) is 1. The van der Waals surface area contributed by atoms with Gasteiger partial charge in [-0.3, -0.25) is 0 Å². The Morgan fingerprint density at radius 1 is 1.27 bits per heavy atom. The highest BCUT2D eigenvalue weighted by molar-refractivity contribution is 5.36. The monoisotopic (exact) mass is 204 g/mol. The van der Waals surface area contributed by atoms with Crippen LogP contribution in [-0.2, 0) is 5.41 Å². The second kappa shape index (κ2) is 3.88. The maximum Gasteiger partial charge on any atom is 0.115 e. The van der Waals surface area contributed by atoms with Crippen molar-refractivity contribution in [3.63, 3.8) is 0 Å². The minimum absolute atomic E-state index is 0.373. The largest absolute Gasteiger partial charge is 0.508 e. The van der Waals surface area contributed by atoms with Gasteiger partial charge in [0.15, 0.2) is 0 Å². The normalized spacial score (nSPS) is 19.9.